The van der Waals surface area contributed by atoms with Gasteiger partial charge in [-0.25, -0.2) is 9.37 Å². The maximum atomic E-state index is 13.7. The molecule has 0 unspecified atom stereocenters. The van der Waals surface area contributed by atoms with Crippen LogP contribution in [0.15, 0.2) is 12.1 Å². The maximum Gasteiger partial charge on any atom is 0.201 e. The first kappa shape index (κ1) is 13.7. The van der Waals surface area contributed by atoms with Crippen LogP contribution >= 0.6 is 11.6 Å². The van der Waals surface area contributed by atoms with E-state index in [0.29, 0.717) is 22.9 Å². The lowest BCUT2D eigenvalue weighted by atomic mass is 9.75. The third-order valence-corrected chi connectivity index (χ3v) is 4.72. The van der Waals surface area contributed by atoms with Crippen LogP contribution in [0, 0.1) is 11.2 Å². The second-order valence-corrected chi connectivity index (χ2v) is 6.90. The van der Waals surface area contributed by atoms with Crippen molar-refractivity contribution in [2.24, 2.45) is 5.41 Å². The molecule has 0 radical (unpaired) electrons. The largest absolute Gasteiger partial charge is 0.369 e. The van der Waals surface area contributed by atoms with Gasteiger partial charge >= 0.3 is 0 Å². The van der Waals surface area contributed by atoms with Gasteiger partial charge in [0.2, 0.25) is 5.95 Å². The Morgan fingerprint density at radius 2 is 2.00 bits per heavy atom. The zero-order chi connectivity index (χ0) is 14.5. The van der Waals surface area contributed by atoms with Crippen LogP contribution in [0.4, 0.5) is 10.3 Å². The first-order valence-corrected chi connectivity index (χ1v) is 7.38. The molecule has 1 aliphatic rings. The molecule has 1 fully saturated rings. The average Bonchev–Trinajstić information content (AvgIpc) is 2.66. The Hall–Kier alpha value is -1.29. The molecule has 1 heterocycles. The van der Waals surface area contributed by atoms with Gasteiger partial charge in [-0.3, -0.25) is 0 Å². The monoisotopic (exact) mass is 295 g/mol. The van der Waals surface area contributed by atoms with Gasteiger partial charge in [0.05, 0.1) is 16.1 Å². The minimum Gasteiger partial charge on any atom is -0.369 e. The number of rotatable bonds is 1. The van der Waals surface area contributed by atoms with Crippen molar-refractivity contribution in [2.75, 3.05) is 5.73 Å². The van der Waals surface area contributed by atoms with E-state index < -0.39 is 5.82 Å². The lowest BCUT2D eigenvalue weighted by molar-refractivity contribution is 0.197. The average molecular weight is 296 g/mol. The number of anilines is 1. The van der Waals surface area contributed by atoms with Crippen molar-refractivity contribution in [3.8, 4) is 0 Å². The summed E-state index contributed by atoms with van der Waals surface area (Å²) in [6, 6.07) is 3.29. The van der Waals surface area contributed by atoms with E-state index >= 15 is 0 Å². The lowest BCUT2D eigenvalue weighted by Crippen LogP contribution is -2.24. The standard InChI is InChI=1S/C15H19ClFN3/c1-15(2)5-3-9(4-6-15)20-13-8-11(17)10(16)7-12(13)19-14(20)18/h7-9H,3-6H2,1-2H3,(H2,18,19). The summed E-state index contributed by atoms with van der Waals surface area (Å²) in [6.07, 6.45) is 4.39. The zero-order valence-electron chi connectivity index (χ0n) is 11.8. The highest BCUT2D eigenvalue weighted by Gasteiger charge is 2.29. The summed E-state index contributed by atoms with van der Waals surface area (Å²) < 4.78 is 15.7. The van der Waals surface area contributed by atoms with Gasteiger partial charge < -0.3 is 10.3 Å². The van der Waals surface area contributed by atoms with Gasteiger partial charge in [-0.15, -0.1) is 0 Å². The molecule has 1 saturated carbocycles. The first-order chi connectivity index (χ1) is 9.37. The summed E-state index contributed by atoms with van der Waals surface area (Å²) in [5.41, 5.74) is 7.83. The highest BCUT2D eigenvalue weighted by Crippen LogP contribution is 2.42. The van der Waals surface area contributed by atoms with Gasteiger partial charge in [0, 0.05) is 12.1 Å². The Balaban J connectivity index is 2.03. The Bertz CT molecular complexity index is 653. The predicted octanol–water partition coefficient (Wildman–Crippen LogP) is 4.55. The Morgan fingerprint density at radius 3 is 2.65 bits per heavy atom. The van der Waals surface area contributed by atoms with Crippen molar-refractivity contribution in [2.45, 2.75) is 45.6 Å². The molecule has 2 N–H and O–H groups in total. The molecule has 0 spiro atoms. The number of nitrogen functional groups attached to an aromatic ring is 1. The number of nitrogens with zero attached hydrogens (tertiary/aromatic N) is 2. The van der Waals surface area contributed by atoms with Crippen molar-refractivity contribution >= 4 is 28.6 Å². The highest BCUT2D eigenvalue weighted by atomic mass is 35.5. The number of halogens is 2. The van der Waals surface area contributed by atoms with Crippen molar-refractivity contribution in [3.05, 3.63) is 23.0 Å². The molecule has 108 valence electrons. The van der Waals surface area contributed by atoms with E-state index in [0.717, 1.165) is 31.2 Å². The minimum absolute atomic E-state index is 0.0897. The van der Waals surface area contributed by atoms with Crippen molar-refractivity contribution < 1.29 is 4.39 Å². The fourth-order valence-electron chi connectivity index (χ4n) is 3.14. The fourth-order valence-corrected chi connectivity index (χ4v) is 3.29. The third kappa shape index (κ3) is 2.26. The molecule has 5 heteroatoms. The fraction of sp³-hybridized carbons (Fsp3) is 0.533. The molecule has 20 heavy (non-hydrogen) atoms. The van der Waals surface area contributed by atoms with Crippen LogP contribution < -0.4 is 5.73 Å². The number of fused-ring (bicyclic) bond motifs is 1. The van der Waals surface area contributed by atoms with Crippen molar-refractivity contribution in [1.29, 1.82) is 0 Å². The van der Waals surface area contributed by atoms with Gasteiger partial charge in [-0.1, -0.05) is 25.4 Å². The van der Waals surface area contributed by atoms with Crippen LogP contribution in [0.5, 0.6) is 0 Å². The van der Waals surface area contributed by atoms with Gasteiger partial charge in [0.15, 0.2) is 0 Å². The molecule has 0 amide bonds. The summed E-state index contributed by atoms with van der Waals surface area (Å²) >= 11 is 5.81. The van der Waals surface area contributed by atoms with E-state index in [1.165, 1.54) is 6.07 Å². The Labute approximate surface area is 122 Å². The zero-order valence-corrected chi connectivity index (χ0v) is 12.5. The van der Waals surface area contributed by atoms with E-state index in [-0.39, 0.29) is 5.02 Å². The van der Waals surface area contributed by atoms with E-state index in [1.54, 1.807) is 6.07 Å². The SMILES string of the molecule is CC1(C)CCC(n2c(N)nc3cc(Cl)c(F)cc32)CC1. The van der Waals surface area contributed by atoms with Crippen molar-refractivity contribution in [3.63, 3.8) is 0 Å². The van der Waals surface area contributed by atoms with E-state index in [4.69, 9.17) is 17.3 Å². The molecule has 0 bridgehead atoms. The van der Waals surface area contributed by atoms with Crippen molar-refractivity contribution in [1.82, 2.24) is 9.55 Å². The molecule has 3 rings (SSSR count). The second kappa shape index (κ2) is 4.62. The first-order valence-electron chi connectivity index (χ1n) is 7.00. The Morgan fingerprint density at radius 1 is 1.35 bits per heavy atom. The summed E-state index contributed by atoms with van der Waals surface area (Å²) in [5, 5.41) is 0.0897. The molecule has 0 atom stereocenters. The minimum atomic E-state index is -0.420. The smallest absolute Gasteiger partial charge is 0.201 e. The Kier molecular flexibility index (Phi) is 3.16. The highest BCUT2D eigenvalue weighted by molar-refractivity contribution is 6.31. The molecular formula is C15H19ClFN3. The van der Waals surface area contributed by atoms with Crippen LogP contribution in [0.25, 0.3) is 11.0 Å². The lowest BCUT2D eigenvalue weighted by Gasteiger charge is -2.35. The molecule has 0 saturated heterocycles. The van der Waals surface area contributed by atoms with Crippen LogP contribution in [0.3, 0.4) is 0 Å². The van der Waals surface area contributed by atoms with Crippen LogP contribution in [-0.2, 0) is 0 Å². The normalized spacial score (nSPS) is 19.6. The number of hydrogen-bond donors (Lipinski definition) is 1. The van der Waals surface area contributed by atoms with Crippen LogP contribution in [-0.4, -0.2) is 9.55 Å². The number of benzene rings is 1. The number of aromatic nitrogens is 2. The topological polar surface area (TPSA) is 43.8 Å². The molecule has 1 aliphatic carbocycles. The molecular weight excluding hydrogens is 277 g/mol. The maximum absolute atomic E-state index is 13.7. The quantitative estimate of drug-likeness (QED) is 0.838. The number of hydrogen-bond acceptors (Lipinski definition) is 2. The molecule has 0 aliphatic heterocycles. The summed E-state index contributed by atoms with van der Waals surface area (Å²) in [5.74, 6) is 0.0304. The number of imidazole rings is 1. The van der Waals surface area contributed by atoms with Gasteiger partial charge in [0.1, 0.15) is 5.82 Å². The summed E-state index contributed by atoms with van der Waals surface area (Å²) in [7, 11) is 0. The van der Waals surface area contributed by atoms with Gasteiger partial charge in [-0.2, -0.15) is 0 Å². The van der Waals surface area contributed by atoms with Crippen LogP contribution in [0.2, 0.25) is 5.02 Å². The predicted molar refractivity (Wildman–Crippen MR) is 80.4 cm³/mol. The van der Waals surface area contributed by atoms with Gasteiger partial charge in [-0.05, 0) is 37.2 Å². The molecule has 3 nitrogen and oxygen atoms in total. The third-order valence-electron chi connectivity index (χ3n) is 4.43. The molecule has 1 aromatic carbocycles. The second-order valence-electron chi connectivity index (χ2n) is 6.49. The van der Waals surface area contributed by atoms with E-state index in [2.05, 4.69) is 18.8 Å². The summed E-state index contributed by atoms with van der Waals surface area (Å²) in [6.45, 7) is 4.58. The van der Waals surface area contributed by atoms with E-state index in [1.807, 2.05) is 4.57 Å². The van der Waals surface area contributed by atoms with E-state index in [9.17, 15) is 4.39 Å². The van der Waals surface area contributed by atoms with Crippen LogP contribution in [0.1, 0.15) is 45.6 Å². The summed E-state index contributed by atoms with van der Waals surface area (Å²) in [4.78, 5) is 4.32. The number of nitrogens with two attached hydrogens (primary N) is 1. The molecule has 2 aromatic rings. The molecule has 1 aromatic heterocycles. The van der Waals surface area contributed by atoms with Gasteiger partial charge in [0.25, 0.3) is 0 Å².